The van der Waals surface area contributed by atoms with E-state index in [1.807, 2.05) is 0 Å². The van der Waals surface area contributed by atoms with Crippen LogP contribution >= 0.6 is 0 Å². The summed E-state index contributed by atoms with van der Waals surface area (Å²) in [5.41, 5.74) is -1.74. The van der Waals surface area contributed by atoms with Crippen molar-refractivity contribution in [3.63, 3.8) is 0 Å². The monoisotopic (exact) mass is 471 g/mol. The van der Waals surface area contributed by atoms with E-state index in [9.17, 15) is 27.6 Å². The number of carboxylic acid groups (broad SMARTS) is 1. The number of alkyl halides is 3. The van der Waals surface area contributed by atoms with Crippen LogP contribution in [0.15, 0.2) is 69.9 Å². The summed E-state index contributed by atoms with van der Waals surface area (Å²) in [4.78, 5) is 35.3. The summed E-state index contributed by atoms with van der Waals surface area (Å²) in [5.74, 6) is -3.47. The number of carbonyl (C=O) groups excluding carboxylic acids is 1. The van der Waals surface area contributed by atoms with E-state index in [-0.39, 0.29) is 22.3 Å². The number of aliphatic carboxylic acids is 1. The third kappa shape index (κ3) is 4.56. The molecular weight excluding hydrogens is 455 g/mol. The first-order chi connectivity index (χ1) is 16.1. The third-order valence-electron chi connectivity index (χ3n) is 4.99. The Bertz CT molecular complexity index is 1470. The van der Waals surface area contributed by atoms with Gasteiger partial charge >= 0.3 is 12.1 Å². The van der Waals surface area contributed by atoms with Crippen LogP contribution in [0.25, 0.3) is 32.9 Å². The van der Waals surface area contributed by atoms with E-state index in [0.717, 1.165) is 6.07 Å². The third-order valence-corrected chi connectivity index (χ3v) is 4.99. The summed E-state index contributed by atoms with van der Waals surface area (Å²) >= 11 is 0. The molecule has 0 saturated carbocycles. The fraction of sp³-hybridized carbons (Fsp3) is 0.125. The highest BCUT2D eigenvalue weighted by Gasteiger charge is 2.39. The van der Waals surface area contributed by atoms with Crippen LogP contribution in [0.2, 0.25) is 0 Å². The van der Waals surface area contributed by atoms with E-state index >= 15 is 0 Å². The lowest BCUT2D eigenvalue weighted by Crippen LogP contribution is -2.33. The summed E-state index contributed by atoms with van der Waals surface area (Å²) in [5, 5.41) is 11.7. The standard InChI is InChI=1S/C24H16F3NO6/c25-24(26,27)23-21(16-7-3-5-13-4-1-2-6-15(13)16)22(32)17-9-8-14(10-18(17)34-23)33-12-19(29)28-11-20(30)31/h1-10H,11-12H2,(H,28,29)(H,30,31). The first-order valence-electron chi connectivity index (χ1n) is 9.92. The molecule has 1 aromatic heterocycles. The van der Waals surface area contributed by atoms with Crippen LogP contribution in [0.4, 0.5) is 13.2 Å². The Kier molecular flexibility index (Phi) is 5.97. The van der Waals surface area contributed by atoms with E-state index in [0.29, 0.717) is 10.8 Å². The maximum absolute atomic E-state index is 14.0. The highest BCUT2D eigenvalue weighted by atomic mass is 19.4. The molecular formula is C24H16F3NO6. The van der Waals surface area contributed by atoms with Gasteiger partial charge in [-0.3, -0.25) is 14.4 Å². The highest BCUT2D eigenvalue weighted by Crippen LogP contribution is 2.39. The van der Waals surface area contributed by atoms with E-state index < -0.39 is 48.0 Å². The molecule has 0 radical (unpaired) electrons. The molecule has 0 aliphatic rings. The van der Waals surface area contributed by atoms with Crippen LogP contribution in [0, 0.1) is 0 Å². The number of carboxylic acids is 1. The number of halogens is 3. The zero-order valence-corrected chi connectivity index (χ0v) is 17.3. The van der Waals surface area contributed by atoms with Crippen molar-refractivity contribution in [3.8, 4) is 16.9 Å². The molecule has 4 aromatic rings. The van der Waals surface area contributed by atoms with Gasteiger partial charge in [-0.1, -0.05) is 42.5 Å². The van der Waals surface area contributed by atoms with Gasteiger partial charge < -0.3 is 19.6 Å². The Hall–Kier alpha value is -4.34. The van der Waals surface area contributed by atoms with Crippen molar-refractivity contribution in [2.75, 3.05) is 13.2 Å². The topological polar surface area (TPSA) is 106 Å². The molecule has 0 spiro atoms. The van der Waals surface area contributed by atoms with Gasteiger partial charge in [0.15, 0.2) is 6.61 Å². The SMILES string of the molecule is O=C(O)CNC(=O)COc1ccc2c(=O)c(-c3cccc4ccccc34)c(C(F)(F)F)oc2c1. The Labute approximate surface area is 189 Å². The Morgan fingerprint density at radius 3 is 2.47 bits per heavy atom. The Balaban J connectivity index is 1.80. The summed E-state index contributed by atoms with van der Waals surface area (Å²) in [6.45, 7) is -1.19. The highest BCUT2D eigenvalue weighted by molar-refractivity contribution is 5.98. The van der Waals surface area contributed by atoms with Crippen LogP contribution in [-0.4, -0.2) is 30.1 Å². The fourth-order valence-electron chi connectivity index (χ4n) is 3.52. The van der Waals surface area contributed by atoms with E-state index in [4.69, 9.17) is 14.3 Å². The van der Waals surface area contributed by atoms with Crippen molar-refractivity contribution < 1.29 is 37.0 Å². The molecule has 174 valence electrons. The van der Waals surface area contributed by atoms with Crippen molar-refractivity contribution in [3.05, 3.63) is 76.6 Å². The molecule has 10 heteroatoms. The second kappa shape index (κ2) is 8.89. The zero-order valence-electron chi connectivity index (χ0n) is 17.3. The molecule has 1 heterocycles. The second-order valence-corrected chi connectivity index (χ2v) is 7.28. The largest absolute Gasteiger partial charge is 0.484 e. The quantitative estimate of drug-likeness (QED) is 0.437. The van der Waals surface area contributed by atoms with Gasteiger partial charge in [0.05, 0.1) is 10.9 Å². The van der Waals surface area contributed by atoms with Gasteiger partial charge in [-0.05, 0) is 28.5 Å². The first-order valence-corrected chi connectivity index (χ1v) is 9.92. The number of benzene rings is 3. The molecule has 0 aliphatic heterocycles. The lowest BCUT2D eigenvalue weighted by Gasteiger charge is -2.15. The van der Waals surface area contributed by atoms with Gasteiger partial charge in [0.2, 0.25) is 11.2 Å². The average molecular weight is 471 g/mol. The number of carbonyl (C=O) groups is 2. The van der Waals surface area contributed by atoms with Crippen LogP contribution in [-0.2, 0) is 15.8 Å². The first kappa shape index (κ1) is 22.8. The number of rotatable bonds is 6. The average Bonchev–Trinajstić information content (AvgIpc) is 2.80. The smallest absolute Gasteiger partial charge is 0.450 e. The number of fused-ring (bicyclic) bond motifs is 2. The second-order valence-electron chi connectivity index (χ2n) is 7.28. The maximum Gasteiger partial charge on any atom is 0.450 e. The maximum atomic E-state index is 14.0. The minimum atomic E-state index is -4.97. The number of ether oxygens (including phenoxy) is 1. The van der Waals surface area contributed by atoms with Gasteiger partial charge in [-0.25, -0.2) is 0 Å². The predicted molar refractivity (Wildman–Crippen MR) is 117 cm³/mol. The van der Waals surface area contributed by atoms with Gasteiger partial charge in [-0.2, -0.15) is 13.2 Å². The van der Waals surface area contributed by atoms with Crippen LogP contribution in [0.1, 0.15) is 5.76 Å². The van der Waals surface area contributed by atoms with E-state index in [2.05, 4.69) is 5.32 Å². The molecule has 7 nitrogen and oxygen atoms in total. The van der Waals surface area contributed by atoms with Crippen molar-refractivity contribution in [2.24, 2.45) is 0 Å². The molecule has 2 N–H and O–H groups in total. The lowest BCUT2D eigenvalue weighted by molar-refractivity contribution is -0.152. The minimum Gasteiger partial charge on any atom is -0.484 e. The molecule has 0 bridgehead atoms. The fourth-order valence-corrected chi connectivity index (χ4v) is 3.52. The normalized spacial score (nSPS) is 11.5. The molecule has 3 aromatic carbocycles. The summed E-state index contributed by atoms with van der Waals surface area (Å²) in [6.07, 6.45) is -4.97. The van der Waals surface area contributed by atoms with Crippen molar-refractivity contribution in [2.45, 2.75) is 6.18 Å². The lowest BCUT2D eigenvalue weighted by atomic mass is 9.96. The Morgan fingerprint density at radius 2 is 1.74 bits per heavy atom. The number of amides is 1. The summed E-state index contributed by atoms with van der Waals surface area (Å²) in [7, 11) is 0. The summed E-state index contributed by atoms with van der Waals surface area (Å²) < 4.78 is 52.3. The van der Waals surface area contributed by atoms with E-state index in [1.165, 1.54) is 18.2 Å². The molecule has 0 aliphatic carbocycles. The molecule has 0 fully saturated rings. The molecule has 34 heavy (non-hydrogen) atoms. The van der Waals surface area contributed by atoms with E-state index in [1.54, 1.807) is 36.4 Å². The molecule has 0 unspecified atom stereocenters. The van der Waals surface area contributed by atoms with Crippen molar-refractivity contribution in [1.29, 1.82) is 0 Å². The van der Waals surface area contributed by atoms with Gasteiger partial charge in [0, 0.05) is 6.07 Å². The van der Waals surface area contributed by atoms with Gasteiger partial charge in [0.1, 0.15) is 17.9 Å². The van der Waals surface area contributed by atoms with Crippen LogP contribution < -0.4 is 15.5 Å². The molecule has 1 amide bonds. The van der Waals surface area contributed by atoms with Crippen LogP contribution in [0.3, 0.4) is 0 Å². The van der Waals surface area contributed by atoms with Crippen molar-refractivity contribution in [1.82, 2.24) is 5.32 Å². The molecule has 0 atom stereocenters. The number of hydrogen-bond donors (Lipinski definition) is 2. The number of nitrogens with one attached hydrogen (secondary N) is 1. The zero-order chi connectivity index (χ0) is 24.5. The predicted octanol–water partition coefficient (Wildman–Crippen LogP) is 4.21. The molecule has 4 rings (SSSR count). The van der Waals surface area contributed by atoms with Gasteiger partial charge in [-0.15, -0.1) is 0 Å². The van der Waals surface area contributed by atoms with Crippen LogP contribution in [0.5, 0.6) is 5.75 Å². The Morgan fingerprint density at radius 1 is 1.00 bits per heavy atom. The van der Waals surface area contributed by atoms with Gasteiger partial charge in [0.25, 0.3) is 5.91 Å². The molecule has 0 saturated heterocycles. The summed E-state index contributed by atoms with van der Waals surface area (Å²) in [6, 6.07) is 15.1. The number of hydrogen-bond acceptors (Lipinski definition) is 5. The van der Waals surface area contributed by atoms with Crippen molar-refractivity contribution >= 4 is 33.6 Å². The minimum absolute atomic E-state index is 0.0350.